The molecule has 0 aliphatic rings. The number of nitrogens with one attached hydrogen (secondary N) is 1. The van der Waals surface area contributed by atoms with Gasteiger partial charge in [0.2, 0.25) is 0 Å². The number of hydrogen-bond donors (Lipinski definition) is 2. The first kappa shape index (κ1) is 17.0. The van der Waals surface area contributed by atoms with Gasteiger partial charge in [-0.3, -0.25) is 9.78 Å². The van der Waals surface area contributed by atoms with Crippen LogP contribution in [0.2, 0.25) is 0 Å². The van der Waals surface area contributed by atoms with E-state index >= 15 is 0 Å². The number of phenols is 1. The van der Waals surface area contributed by atoms with Gasteiger partial charge in [0.25, 0.3) is 5.91 Å². The van der Waals surface area contributed by atoms with Gasteiger partial charge in [0, 0.05) is 24.9 Å². The van der Waals surface area contributed by atoms with Crippen molar-refractivity contribution in [3.8, 4) is 11.8 Å². The Morgan fingerprint density at radius 1 is 1.25 bits per heavy atom. The Hall–Kier alpha value is -3.39. The Morgan fingerprint density at radius 2 is 2.04 bits per heavy atom. The minimum absolute atomic E-state index is 0.0334. The molecule has 5 nitrogen and oxygen atoms in total. The molecule has 0 fully saturated rings. The number of allylic oxidation sites excluding steroid dienone is 2. The van der Waals surface area contributed by atoms with E-state index in [0.29, 0.717) is 13.0 Å². The van der Waals surface area contributed by atoms with Crippen molar-refractivity contribution in [1.82, 2.24) is 10.3 Å². The highest BCUT2D eigenvalue weighted by atomic mass is 16.3. The Morgan fingerprint density at radius 3 is 2.71 bits per heavy atom. The van der Waals surface area contributed by atoms with E-state index in [9.17, 15) is 9.90 Å². The van der Waals surface area contributed by atoms with Crippen molar-refractivity contribution in [2.24, 2.45) is 0 Å². The molecule has 1 aromatic carbocycles. The van der Waals surface area contributed by atoms with E-state index < -0.39 is 5.91 Å². The van der Waals surface area contributed by atoms with Crippen LogP contribution in [0.3, 0.4) is 0 Å². The fourth-order valence-electron chi connectivity index (χ4n) is 1.95. The third-order valence-electron chi connectivity index (χ3n) is 3.20. The topological polar surface area (TPSA) is 86.0 Å². The van der Waals surface area contributed by atoms with E-state index in [0.717, 1.165) is 11.3 Å². The van der Waals surface area contributed by atoms with Crippen molar-refractivity contribution in [2.45, 2.75) is 6.42 Å². The zero-order valence-corrected chi connectivity index (χ0v) is 13.0. The van der Waals surface area contributed by atoms with Gasteiger partial charge in [-0.1, -0.05) is 30.4 Å². The van der Waals surface area contributed by atoms with Crippen molar-refractivity contribution in [3.63, 3.8) is 0 Å². The summed E-state index contributed by atoms with van der Waals surface area (Å²) in [5, 5.41) is 21.0. The van der Waals surface area contributed by atoms with Gasteiger partial charge in [-0.25, -0.2) is 0 Å². The fraction of sp³-hybridized carbons (Fsp3) is 0.105. The number of aromatic nitrogens is 1. The molecule has 2 rings (SSSR count). The molecule has 1 heterocycles. The number of nitrogens with zero attached hydrogens (tertiary/aromatic N) is 2. The summed E-state index contributed by atoms with van der Waals surface area (Å²) in [5.41, 5.74) is 1.77. The molecule has 1 amide bonds. The second-order valence-electron chi connectivity index (χ2n) is 4.97. The number of benzene rings is 1. The highest BCUT2D eigenvalue weighted by Gasteiger charge is 2.06. The molecule has 0 spiro atoms. The lowest BCUT2D eigenvalue weighted by molar-refractivity contribution is -0.117. The maximum Gasteiger partial charge on any atom is 0.261 e. The number of nitriles is 1. The highest BCUT2D eigenvalue weighted by molar-refractivity contribution is 5.97. The first-order valence-electron chi connectivity index (χ1n) is 7.44. The predicted molar refractivity (Wildman–Crippen MR) is 91.8 cm³/mol. The largest absolute Gasteiger partial charge is 0.508 e. The first-order chi connectivity index (χ1) is 11.7. The Balaban J connectivity index is 1.88. The van der Waals surface area contributed by atoms with Crippen molar-refractivity contribution >= 4 is 12.0 Å². The number of carbonyl (C=O) groups is 1. The van der Waals surface area contributed by atoms with Crippen LogP contribution in [0.5, 0.6) is 5.75 Å². The fourth-order valence-corrected chi connectivity index (χ4v) is 1.95. The quantitative estimate of drug-likeness (QED) is 0.487. The smallest absolute Gasteiger partial charge is 0.261 e. The molecular formula is C19H17N3O2. The lowest BCUT2D eigenvalue weighted by Crippen LogP contribution is -2.26. The number of amides is 1. The summed E-state index contributed by atoms with van der Waals surface area (Å²) in [5.74, 6) is -0.225. The molecule has 0 bridgehead atoms. The number of aromatic hydroxyl groups is 1. The van der Waals surface area contributed by atoms with Gasteiger partial charge in [-0.15, -0.1) is 0 Å². The van der Waals surface area contributed by atoms with E-state index in [2.05, 4.69) is 10.3 Å². The normalized spacial score (nSPS) is 11.2. The number of hydrogen-bond acceptors (Lipinski definition) is 4. The minimum atomic E-state index is -0.413. The van der Waals surface area contributed by atoms with Crippen LogP contribution in [-0.2, 0) is 11.2 Å². The maximum atomic E-state index is 12.0. The van der Waals surface area contributed by atoms with Crippen LogP contribution in [0, 0.1) is 11.3 Å². The molecule has 0 atom stereocenters. The van der Waals surface area contributed by atoms with Gasteiger partial charge in [-0.05, 0) is 35.9 Å². The van der Waals surface area contributed by atoms with Crippen molar-refractivity contribution in [1.29, 1.82) is 5.26 Å². The van der Waals surface area contributed by atoms with Gasteiger partial charge >= 0.3 is 0 Å². The van der Waals surface area contributed by atoms with E-state index in [-0.39, 0.29) is 11.3 Å². The standard InChI is InChI=1S/C19H17N3O2/c20-14-16(5-3-4-15-7-9-18(23)10-8-15)19(24)22-13-11-17-6-1-2-12-21-17/h1-10,12,23H,11,13H2,(H,22,24). The zero-order valence-electron chi connectivity index (χ0n) is 13.0. The molecule has 0 unspecified atom stereocenters. The van der Waals surface area contributed by atoms with Gasteiger partial charge < -0.3 is 10.4 Å². The summed E-state index contributed by atoms with van der Waals surface area (Å²) in [7, 11) is 0. The molecule has 0 aliphatic heterocycles. The summed E-state index contributed by atoms with van der Waals surface area (Å²) in [6.07, 6.45) is 7.14. The average molecular weight is 319 g/mol. The molecule has 1 aromatic heterocycles. The molecule has 0 radical (unpaired) electrons. The highest BCUT2D eigenvalue weighted by Crippen LogP contribution is 2.11. The number of carbonyl (C=O) groups excluding carboxylic acids is 1. The number of phenolic OH excluding ortho intramolecular Hbond substituents is 1. The molecule has 120 valence electrons. The number of rotatable bonds is 6. The van der Waals surface area contributed by atoms with E-state index in [1.54, 1.807) is 42.6 Å². The summed E-state index contributed by atoms with van der Waals surface area (Å²) < 4.78 is 0. The van der Waals surface area contributed by atoms with Crippen molar-refractivity contribution in [3.05, 3.63) is 77.6 Å². The zero-order chi connectivity index (χ0) is 17.2. The van der Waals surface area contributed by atoms with Crippen LogP contribution in [-0.4, -0.2) is 22.5 Å². The summed E-state index contributed by atoms with van der Waals surface area (Å²) >= 11 is 0. The molecular weight excluding hydrogens is 302 g/mol. The summed E-state index contributed by atoms with van der Waals surface area (Å²) in [6.45, 7) is 0.413. The second kappa shape index (κ2) is 8.91. The van der Waals surface area contributed by atoms with Crippen LogP contribution in [0.15, 0.2) is 66.4 Å². The minimum Gasteiger partial charge on any atom is -0.508 e. The van der Waals surface area contributed by atoms with Crippen LogP contribution in [0.1, 0.15) is 11.3 Å². The lowest BCUT2D eigenvalue weighted by atomic mass is 10.2. The first-order valence-corrected chi connectivity index (χ1v) is 7.44. The van der Waals surface area contributed by atoms with Crippen LogP contribution in [0.4, 0.5) is 0 Å². The van der Waals surface area contributed by atoms with Gasteiger partial charge in [0.05, 0.1) is 0 Å². The lowest BCUT2D eigenvalue weighted by Gasteiger charge is -2.03. The molecule has 24 heavy (non-hydrogen) atoms. The van der Waals surface area contributed by atoms with Gasteiger partial charge in [0.1, 0.15) is 17.4 Å². The number of pyridine rings is 1. The summed E-state index contributed by atoms with van der Waals surface area (Å²) in [4.78, 5) is 16.1. The molecule has 2 N–H and O–H groups in total. The van der Waals surface area contributed by atoms with E-state index in [1.807, 2.05) is 24.3 Å². The monoisotopic (exact) mass is 319 g/mol. The van der Waals surface area contributed by atoms with E-state index in [4.69, 9.17) is 5.26 Å². The third-order valence-corrected chi connectivity index (χ3v) is 3.20. The molecule has 0 saturated heterocycles. The van der Waals surface area contributed by atoms with Crippen molar-refractivity contribution < 1.29 is 9.90 Å². The Bertz CT molecular complexity index is 773. The summed E-state index contributed by atoms with van der Waals surface area (Å²) in [6, 6.07) is 14.1. The Labute approximate surface area is 140 Å². The molecule has 2 aromatic rings. The molecule has 0 saturated carbocycles. The van der Waals surface area contributed by atoms with Gasteiger partial charge in [-0.2, -0.15) is 5.26 Å². The van der Waals surface area contributed by atoms with Crippen LogP contribution >= 0.6 is 0 Å². The van der Waals surface area contributed by atoms with Crippen LogP contribution < -0.4 is 5.32 Å². The van der Waals surface area contributed by atoms with Crippen molar-refractivity contribution in [2.75, 3.05) is 6.54 Å². The second-order valence-corrected chi connectivity index (χ2v) is 4.97. The van der Waals surface area contributed by atoms with Crippen LogP contribution in [0.25, 0.3) is 6.08 Å². The molecule has 5 heteroatoms. The average Bonchev–Trinajstić information content (AvgIpc) is 2.61. The predicted octanol–water partition coefficient (Wildman–Crippen LogP) is 2.61. The Kier molecular flexibility index (Phi) is 6.30. The maximum absolute atomic E-state index is 12.0. The van der Waals surface area contributed by atoms with Gasteiger partial charge in [0.15, 0.2) is 0 Å². The third kappa shape index (κ3) is 5.43. The van der Waals surface area contributed by atoms with E-state index in [1.165, 1.54) is 6.08 Å². The SMILES string of the molecule is N#CC(=CC=Cc1ccc(O)cc1)C(=O)NCCc1ccccn1. The molecule has 0 aliphatic carbocycles.